The second kappa shape index (κ2) is 7.97. The highest BCUT2D eigenvalue weighted by Gasteiger charge is 2.51. The topological polar surface area (TPSA) is 35.6 Å². The second-order valence-electron chi connectivity index (χ2n) is 8.18. The molecule has 1 heterocycles. The molecule has 2 saturated carbocycles. The first-order chi connectivity index (χ1) is 13.9. The molecule has 8 heteroatoms. The lowest BCUT2D eigenvalue weighted by atomic mass is 9.89. The number of alkyl halides is 2. The van der Waals surface area contributed by atoms with E-state index in [0.717, 1.165) is 43.5 Å². The SMILES string of the molecule is CN1C(F)=C(C(=O)NC2CC2)C(C(F)F)N1C(c1cccc(F)c1)C1CCCC1. The van der Waals surface area contributed by atoms with Gasteiger partial charge in [0, 0.05) is 13.1 Å². The Balaban J connectivity index is 1.73. The van der Waals surface area contributed by atoms with Crippen LogP contribution in [-0.4, -0.2) is 41.5 Å². The van der Waals surface area contributed by atoms with Gasteiger partial charge in [0.25, 0.3) is 12.3 Å². The predicted molar refractivity (Wildman–Crippen MR) is 99.8 cm³/mol. The second-order valence-corrected chi connectivity index (χ2v) is 8.18. The molecule has 2 fully saturated rings. The highest BCUT2D eigenvalue weighted by Crippen LogP contribution is 2.46. The van der Waals surface area contributed by atoms with Gasteiger partial charge in [0.15, 0.2) is 0 Å². The van der Waals surface area contributed by atoms with E-state index in [9.17, 15) is 18.0 Å². The van der Waals surface area contributed by atoms with E-state index in [-0.39, 0.29) is 12.0 Å². The third kappa shape index (κ3) is 3.86. The number of halogens is 4. The largest absolute Gasteiger partial charge is 0.349 e. The molecule has 2 atom stereocenters. The number of rotatable bonds is 6. The van der Waals surface area contributed by atoms with Crippen LogP contribution in [0.25, 0.3) is 0 Å². The standard InChI is InChI=1S/C21H25F4N3O/c1-27-20(25)16(21(29)26-15-9-10-15)18(19(23)24)28(27)17(12-5-2-3-6-12)13-7-4-8-14(22)11-13/h4,7-8,11-12,15,17-19H,2-3,5-6,9-10H2,1H3,(H,26,29). The molecule has 1 N–H and O–H groups in total. The van der Waals surface area contributed by atoms with Crippen molar-refractivity contribution in [3.8, 4) is 0 Å². The van der Waals surface area contributed by atoms with Crippen molar-refractivity contribution >= 4 is 5.91 Å². The minimum atomic E-state index is -2.97. The first-order valence-corrected chi connectivity index (χ1v) is 10.1. The van der Waals surface area contributed by atoms with Gasteiger partial charge >= 0.3 is 0 Å². The number of nitrogens with zero attached hydrogens (tertiary/aromatic N) is 2. The van der Waals surface area contributed by atoms with Gasteiger partial charge in [-0.1, -0.05) is 25.0 Å². The Morgan fingerprint density at radius 3 is 2.41 bits per heavy atom. The molecule has 0 saturated heterocycles. The molecule has 0 spiro atoms. The normalized spacial score (nSPS) is 24.6. The lowest BCUT2D eigenvalue weighted by molar-refractivity contribution is -0.121. The summed E-state index contributed by atoms with van der Waals surface area (Å²) in [6, 6.07) is 3.39. The fourth-order valence-corrected chi connectivity index (χ4v) is 4.64. The first-order valence-electron chi connectivity index (χ1n) is 10.1. The average Bonchev–Trinajstić information content (AvgIpc) is 3.24. The zero-order chi connectivity index (χ0) is 20.7. The van der Waals surface area contributed by atoms with Crippen LogP contribution in [-0.2, 0) is 4.79 Å². The highest BCUT2D eigenvalue weighted by molar-refractivity contribution is 5.96. The molecule has 1 aliphatic heterocycles. The molecule has 1 aromatic rings. The molecule has 4 rings (SSSR count). The average molecular weight is 411 g/mol. The molecule has 0 bridgehead atoms. The van der Waals surface area contributed by atoms with Crippen molar-refractivity contribution in [3.63, 3.8) is 0 Å². The molecule has 158 valence electrons. The van der Waals surface area contributed by atoms with Crippen LogP contribution in [0.2, 0.25) is 0 Å². The van der Waals surface area contributed by atoms with Crippen molar-refractivity contribution in [2.24, 2.45) is 5.92 Å². The van der Waals surface area contributed by atoms with Crippen molar-refractivity contribution in [1.82, 2.24) is 15.3 Å². The fraction of sp³-hybridized carbons (Fsp3) is 0.571. The maximum atomic E-state index is 15.1. The molecule has 2 unspecified atom stereocenters. The summed E-state index contributed by atoms with van der Waals surface area (Å²) in [6.45, 7) is 0. The van der Waals surface area contributed by atoms with E-state index in [1.807, 2.05) is 0 Å². The Kier molecular flexibility index (Phi) is 5.55. The number of nitrogens with one attached hydrogen (secondary N) is 1. The third-order valence-corrected chi connectivity index (χ3v) is 6.15. The zero-order valence-electron chi connectivity index (χ0n) is 16.3. The summed E-state index contributed by atoms with van der Waals surface area (Å²) in [5.74, 6) is -2.25. The molecule has 2 aliphatic carbocycles. The summed E-state index contributed by atoms with van der Waals surface area (Å²) in [4.78, 5) is 12.6. The van der Waals surface area contributed by atoms with E-state index in [4.69, 9.17) is 0 Å². The number of hydrogen-bond acceptors (Lipinski definition) is 3. The Hall–Kier alpha value is -2.09. The Morgan fingerprint density at radius 2 is 1.83 bits per heavy atom. The van der Waals surface area contributed by atoms with Gasteiger partial charge in [-0.25, -0.2) is 13.2 Å². The monoisotopic (exact) mass is 411 g/mol. The highest BCUT2D eigenvalue weighted by atomic mass is 19.3. The number of hydrazine groups is 1. The summed E-state index contributed by atoms with van der Waals surface area (Å²) in [5.41, 5.74) is -0.0140. The summed E-state index contributed by atoms with van der Waals surface area (Å²) < 4.78 is 57.5. The maximum Gasteiger partial charge on any atom is 0.260 e. The molecular formula is C21H25F4N3O. The van der Waals surface area contributed by atoms with Crippen LogP contribution in [0.4, 0.5) is 17.6 Å². The molecule has 1 amide bonds. The summed E-state index contributed by atoms with van der Waals surface area (Å²) in [7, 11) is 1.35. The van der Waals surface area contributed by atoms with Gasteiger partial charge < -0.3 is 5.32 Å². The summed E-state index contributed by atoms with van der Waals surface area (Å²) in [6.07, 6.45) is 2.03. The smallest absolute Gasteiger partial charge is 0.260 e. The van der Waals surface area contributed by atoms with Crippen LogP contribution in [0.3, 0.4) is 0 Å². The van der Waals surface area contributed by atoms with Gasteiger partial charge in [-0.05, 0) is 49.3 Å². The number of benzene rings is 1. The zero-order valence-corrected chi connectivity index (χ0v) is 16.3. The van der Waals surface area contributed by atoms with E-state index < -0.39 is 41.8 Å². The molecule has 0 radical (unpaired) electrons. The van der Waals surface area contributed by atoms with E-state index in [2.05, 4.69) is 5.32 Å². The molecular weight excluding hydrogens is 386 g/mol. The summed E-state index contributed by atoms with van der Waals surface area (Å²) in [5, 5.41) is 4.90. The van der Waals surface area contributed by atoms with Crippen LogP contribution < -0.4 is 5.32 Å². The van der Waals surface area contributed by atoms with Crippen LogP contribution >= 0.6 is 0 Å². The first kappa shape index (κ1) is 20.2. The maximum absolute atomic E-state index is 15.1. The lowest BCUT2D eigenvalue weighted by Gasteiger charge is -2.41. The van der Waals surface area contributed by atoms with Crippen LogP contribution in [0.1, 0.15) is 50.1 Å². The molecule has 4 nitrogen and oxygen atoms in total. The lowest BCUT2D eigenvalue weighted by Crippen LogP contribution is -2.49. The Morgan fingerprint density at radius 1 is 1.14 bits per heavy atom. The van der Waals surface area contributed by atoms with Crippen LogP contribution in [0.15, 0.2) is 35.8 Å². The van der Waals surface area contributed by atoms with Gasteiger partial charge in [-0.15, -0.1) is 0 Å². The van der Waals surface area contributed by atoms with E-state index in [0.29, 0.717) is 5.56 Å². The quantitative estimate of drug-likeness (QED) is 0.560. The predicted octanol–water partition coefficient (Wildman–Crippen LogP) is 4.31. The Labute approximate surface area is 167 Å². The third-order valence-electron chi connectivity index (χ3n) is 6.15. The minimum absolute atomic E-state index is 0.0286. The van der Waals surface area contributed by atoms with Crippen molar-refractivity contribution in [3.05, 3.63) is 47.2 Å². The van der Waals surface area contributed by atoms with E-state index in [1.54, 1.807) is 6.07 Å². The van der Waals surface area contributed by atoms with Crippen LogP contribution in [0, 0.1) is 11.7 Å². The van der Waals surface area contributed by atoms with Gasteiger partial charge in [0.2, 0.25) is 5.95 Å². The fourth-order valence-electron chi connectivity index (χ4n) is 4.64. The molecule has 29 heavy (non-hydrogen) atoms. The van der Waals surface area contributed by atoms with E-state index >= 15 is 4.39 Å². The molecule has 1 aromatic carbocycles. The van der Waals surface area contributed by atoms with Crippen LogP contribution in [0.5, 0.6) is 0 Å². The van der Waals surface area contributed by atoms with Gasteiger partial charge in [0.05, 0.1) is 11.6 Å². The number of carbonyl (C=O) groups excluding carboxylic acids is 1. The molecule has 0 aromatic heterocycles. The van der Waals surface area contributed by atoms with Crippen molar-refractivity contribution in [2.45, 2.75) is 63.1 Å². The van der Waals surface area contributed by atoms with E-state index in [1.165, 1.54) is 30.3 Å². The number of amides is 1. The number of hydrogen-bond donors (Lipinski definition) is 1. The summed E-state index contributed by atoms with van der Waals surface area (Å²) >= 11 is 0. The minimum Gasteiger partial charge on any atom is -0.349 e. The molecule has 3 aliphatic rings. The van der Waals surface area contributed by atoms with Gasteiger partial charge in [0.1, 0.15) is 11.9 Å². The Bertz CT molecular complexity index is 805. The van der Waals surface area contributed by atoms with Gasteiger partial charge in [-0.3, -0.25) is 9.80 Å². The van der Waals surface area contributed by atoms with Crippen molar-refractivity contribution in [1.29, 1.82) is 0 Å². The van der Waals surface area contributed by atoms with Crippen molar-refractivity contribution in [2.75, 3.05) is 7.05 Å². The van der Waals surface area contributed by atoms with Crippen molar-refractivity contribution < 1.29 is 22.4 Å². The number of carbonyl (C=O) groups is 1. The van der Waals surface area contributed by atoms with Gasteiger partial charge in [-0.2, -0.15) is 9.40 Å².